The Balaban J connectivity index is 1.52. The van der Waals surface area contributed by atoms with E-state index in [1.807, 2.05) is 36.4 Å². The minimum absolute atomic E-state index is 0.176. The van der Waals surface area contributed by atoms with Crippen molar-refractivity contribution in [1.82, 2.24) is 5.32 Å². The molecule has 2 aromatic rings. The van der Waals surface area contributed by atoms with Crippen LogP contribution in [0.5, 0.6) is 23.0 Å². The molecule has 0 unspecified atom stereocenters. The summed E-state index contributed by atoms with van der Waals surface area (Å²) >= 11 is 0. The van der Waals surface area contributed by atoms with Gasteiger partial charge in [-0.25, -0.2) is 0 Å². The van der Waals surface area contributed by atoms with Crippen molar-refractivity contribution in [3.05, 3.63) is 48.0 Å². The smallest absolute Gasteiger partial charge is 0.306 e. The van der Waals surface area contributed by atoms with Crippen LogP contribution in [0.4, 0.5) is 0 Å². The Morgan fingerprint density at radius 1 is 0.929 bits per heavy atom. The minimum atomic E-state index is -0.664. The van der Waals surface area contributed by atoms with Crippen molar-refractivity contribution < 1.29 is 24.1 Å². The molecule has 6 nitrogen and oxygen atoms in total. The third-order valence-electron chi connectivity index (χ3n) is 5.16. The number of ether oxygens (including phenoxy) is 3. The number of carbonyl (C=O) groups is 1. The van der Waals surface area contributed by atoms with Crippen LogP contribution in [0.2, 0.25) is 0 Å². The molecule has 2 N–H and O–H groups in total. The van der Waals surface area contributed by atoms with Gasteiger partial charge >= 0.3 is 5.97 Å². The molecule has 0 amide bonds. The molecule has 1 saturated carbocycles. The summed E-state index contributed by atoms with van der Waals surface area (Å²) in [6.45, 7) is 0.760. The molecule has 28 heavy (non-hydrogen) atoms. The Kier molecular flexibility index (Phi) is 6.76. The molecule has 1 aliphatic rings. The lowest BCUT2D eigenvalue weighted by Crippen LogP contribution is -2.34. The predicted molar refractivity (Wildman–Crippen MR) is 106 cm³/mol. The van der Waals surface area contributed by atoms with Crippen molar-refractivity contribution in [1.29, 1.82) is 0 Å². The topological polar surface area (TPSA) is 77.0 Å². The average molecular weight is 385 g/mol. The molecule has 0 radical (unpaired) electrons. The molecule has 0 bridgehead atoms. The van der Waals surface area contributed by atoms with Crippen LogP contribution >= 0.6 is 0 Å². The second kappa shape index (κ2) is 9.46. The molecular formula is C22H27NO5. The Hall–Kier alpha value is -2.73. The van der Waals surface area contributed by atoms with E-state index in [-0.39, 0.29) is 5.92 Å². The molecule has 1 aliphatic carbocycles. The highest BCUT2D eigenvalue weighted by molar-refractivity contribution is 5.70. The first kappa shape index (κ1) is 20.0. The van der Waals surface area contributed by atoms with Gasteiger partial charge in [0.25, 0.3) is 0 Å². The van der Waals surface area contributed by atoms with Gasteiger partial charge in [-0.15, -0.1) is 0 Å². The number of carboxylic acid groups (broad SMARTS) is 1. The van der Waals surface area contributed by atoms with Crippen LogP contribution in [0.25, 0.3) is 0 Å². The van der Waals surface area contributed by atoms with Crippen LogP contribution in [0.1, 0.15) is 31.2 Å². The van der Waals surface area contributed by atoms with Gasteiger partial charge in [-0.05, 0) is 43.4 Å². The van der Waals surface area contributed by atoms with Crippen molar-refractivity contribution >= 4 is 5.97 Å². The zero-order chi connectivity index (χ0) is 19.9. The van der Waals surface area contributed by atoms with Crippen molar-refractivity contribution in [2.45, 2.75) is 38.3 Å². The largest absolute Gasteiger partial charge is 0.496 e. The second-order valence-electron chi connectivity index (χ2n) is 7.06. The van der Waals surface area contributed by atoms with Crippen molar-refractivity contribution in [3.63, 3.8) is 0 Å². The number of benzene rings is 2. The monoisotopic (exact) mass is 385 g/mol. The zero-order valence-electron chi connectivity index (χ0n) is 16.3. The van der Waals surface area contributed by atoms with Crippen LogP contribution in [-0.4, -0.2) is 31.3 Å². The first-order valence-electron chi connectivity index (χ1n) is 9.53. The first-order chi connectivity index (χ1) is 13.6. The van der Waals surface area contributed by atoms with Crippen molar-refractivity contribution in [2.24, 2.45) is 5.92 Å². The summed E-state index contributed by atoms with van der Waals surface area (Å²) in [6.07, 6.45) is 3.33. The summed E-state index contributed by atoms with van der Waals surface area (Å²) in [7, 11) is 3.21. The molecular weight excluding hydrogens is 358 g/mol. The van der Waals surface area contributed by atoms with Crippen molar-refractivity contribution in [2.75, 3.05) is 14.2 Å². The molecule has 0 spiro atoms. The second-order valence-corrected chi connectivity index (χ2v) is 7.06. The van der Waals surface area contributed by atoms with E-state index in [9.17, 15) is 4.79 Å². The van der Waals surface area contributed by atoms with E-state index in [2.05, 4.69) is 5.32 Å². The van der Waals surface area contributed by atoms with E-state index in [0.717, 1.165) is 43.5 Å². The normalized spacial score (nSPS) is 19.1. The highest BCUT2D eigenvalue weighted by Crippen LogP contribution is 2.31. The van der Waals surface area contributed by atoms with Gasteiger partial charge in [0.05, 0.1) is 20.1 Å². The summed E-state index contributed by atoms with van der Waals surface area (Å²) in [4.78, 5) is 11.0. The molecule has 1 fully saturated rings. The van der Waals surface area contributed by atoms with Gasteiger partial charge in [0.2, 0.25) is 0 Å². The fraction of sp³-hybridized carbons (Fsp3) is 0.409. The molecule has 0 aromatic heterocycles. The molecule has 0 aliphatic heterocycles. The fourth-order valence-electron chi connectivity index (χ4n) is 3.46. The standard InChI is InChI=1S/C22H27NO5/c1-26-19-11-20(27-2)13-21(12-19)28-18-9-3-15(4-10-18)14-23-17-7-5-16(6-8-17)22(24)25/h3-4,9-13,16-17,23H,5-8,14H2,1-2H3,(H,24,25). The van der Waals surface area contributed by atoms with E-state index in [4.69, 9.17) is 19.3 Å². The summed E-state index contributed by atoms with van der Waals surface area (Å²) in [5, 5.41) is 12.6. The van der Waals surface area contributed by atoms with Crippen LogP contribution in [0.15, 0.2) is 42.5 Å². The maximum absolute atomic E-state index is 11.0. The molecule has 6 heteroatoms. The van der Waals surface area contributed by atoms with Gasteiger partial charge in [-0.1, -0.05) is 12.1 Å². The summed E-state index contributed by atoms with van der Waals surface area (Å²) in [6, 6.07) is 13.7. The number of rotatable bonds is 8. The van der Waals surface area contributed by atoms with Crippen LogP contribution < -0.4 is 19.5 Å². The Bertz CT molecular complexity index is 760. The minimum Gasteiger partial charge on any atom is -0.496 e. The Morgan fingerprint density at radius 2 is 1.50 bits per heavy atom. The van der Waals surface area contributed by atoms with Crippen LogP contribution in [0, 0.1) is 5.92 Å². The third-order valence-corrected chi connectivity index (χ3v) is 5.16. The van der Waals surface area contributed by atoms with Crippen LogP contribution in [0.3, 0.4) is 0 Å². The highest BCUT2D eigenvalue weighted by Gasteiger charge is 2.25. The number of hydrogen-bond donors (Lipinski definition) is 2. The molecule has 0 heterocycles. The lowest BCUT2D eigenvalue weighted by molar-refractivity contribution is -0.142. The van der Waals surface area contributed by atoms with Crippen LogP contribution in [-0.2, 0) is 11.3 Å². The van der Waals surface area contributed by atoms with Gasteiger partial charge in [0, 0.05) is 30.8 Å². The molecule has 150 valence electrons. The van der Waals surface area contributed by atoms with Gasteiger partial charge in [-0.3, -0.25) is 4.79 Å². The van der Waals surface area contributed by atoms with E-state index < -0.39 is 5.97 Å². The quantitative estimate of drug-likeness (QED) is 0.708. The number of carboxylic acids is 1. The van der Waals surface area contributed by atoms with E-state index in [1.54, 1.807) is 20.3 Å². The number of methoxy groups -OCH3 is 2. The van der Waals surface area contributed by atoms with Gasteiger partial charge in [0.1, 0.15) is 23.0 Å². The number of aliphatic carboxylic acids is 1. The third kappa shape index (κ3) is 5.39. The summed E-state index contributed by atoms with van der Waals surface area (Å²) in [5.41, 5.74) is 1.16. The van der Waals surface area contributed by atoms with E-state index in [1.165, 1.54) is 0 Å². The maximum Gasteiger partial charge on any atom is 0.306 e. The number of hydrogen-bond acceptors (Lipinski definition) is 5. The number of nitrogens with one attached hydrogen (secondary N) is 1. The molecule has 3 rings (SSSR count). The van der Waals surface area contributed by atoms with Gasteiger partial charge in [-0.2, -0.15) is 0 Å². The Labute approximate surface area is 165 Å². The molecule has 0 atom stereocenters. The van der Waals surface area contributed by atoms with E-state index in [0.29, 0.717) is 23.3 Å². The SMILES string of the molecule is COc1cc(OC)cc(Oc2ccc(CNC3CCC(C(=O)O)CC3)cc2)c1. The molecule has 2 aromatic carbocycles. The lowest BCUT2D eigenvalue weighted by Gasteiger charge is -2.27. The highest BCUT2D eigenvalue weighted by atomic mass is 16.5. The molecule has 0 saturated heterocycles. The first-order valence-corrected chi connectivity index (χ1v) is 9.53. The average Bonchev–Trinajstić information content (AvgIpc) is 2.73. The van der Waals surface area contributed by atoms with E-state index >= 15 is 0 Å². The maximum atomic E-state index is 11.0. The van der Waals surface area contributed by atoms with Crippen molar-refractivity contribution in [3.8, 4) is 23.0 Å². The predicted octanol–water partition coefficient (Wildman–Crippen LogP) is 4.23. The lowest BCUT2D eigenvalue weighted by atomic mass is 9.86. The summed E-state index contributed by atoms with van der Waals surface area (Å²) in [5.74, 6) is 1.89. The van der Waals surface area contributed by atoms with Gasteiger partial charge in [0.15, 0.2) is 0 Å². The fourth-order valence-corrected chi connectivity index (χ4v) is 3.46. The van der Waals surface area contributed by atoms with Gasteiger partial charge < -0.3 is 24.6 Å². The summed E-state index contributed by atoms with van der Waals surface area (Å²) < 4.78 is 16.4. The zero-order valence-corrected chi connectivity index (χ0v) is 16.3. The Morgan fingerprint density at radius 3 is 2.04 bits per heavy atom.